The molecule has 0 saturated heterocycles. The van der Waals surface area contributed by atoms with Crippen molar-refractivity contribution in [2.75, 3.05) is 18.1 Å². The Balaban J connectivity index is 3.74. The summed E-state index contributed by atoms with van der Waals surface area (Å²) >= 11 is 0. The van der Waals surface area contributed by atoms with Crippen molar-refractivity contribution in [3.8, 4) is 0 Å². The number of rotatable bonds is 7. The molecule has 0 radical (unpaired) electrons. The maximum atomic E-state index is 11.1. The lowest BCUT2D eigenvalue weighted by atomic mass is 10.3. The molecule has 0 aliphatic heterocycles. The Kier molecular flexibility index (Phi) is 6.32. The zero-order chi connectivity index (χ0) is 11.9. The zero-order valence-corrected chi connectivity index (χ0v) is 10.6. The van der Waals surface area contributed by atoms with Gasteiger partial charge in [0.15, 0.2) is 0 Å². The third-order valence-corrected chi connectivity index (χ3v) is 3.57. The summed E-state index contributed by atoms with van der Waals surface area (Å²) in [5, 5.41) is 0. The Labute approximate surface area is 92.7 Å². The Bertz CT molecular complexity index is 322. The van der Waals surface area contributed by atoms with Crippen LogP contribution in [0.4, 0.5) is 0 Å². The highest BCUT2D eigenvalue weighted by molar-refractivity contribution is 7.91. The van der Waals surface area contributed by atoms with Gasteiger partial charge in [0.2, 0.25) is 0 Å². The molecule has 0 unspecified atom stereocenters. The molecule has 0 aromatic carbocycles. The fourth-order valence-electron chi connectivity index (χ4n) is 0.990. The van der Waals surface area contributed by atoms with Crippen molar-refractivity contribution >= 4 is 9.84 Å². The number of ether oxygens (including phenoxy) is 1. The lowest BCUT2D eigenvalue weighted by molar-refractivity contribution is 0.226. The first-order valence-corrected chi connectivity index (χ1v) is 6.86. The minimum Gasteiger partial charge on any atom is -0.494 e. The van der Waals surface area contributed by atoms with E-state index in [1.54, 1.807) is 6.92 Å². The Hall–Kier alpha value is -0.770. The van der Waals surface area contributed by atoms with Gasteiger partial charge in [-0.05, 0) is 26.3 Å². The fraction of sp³-hybridized carbons (Fsp3) is 0.636. The molecule has 0 rings (SSSR count). The van der Waals surface area contributed by atoms with Crippen LogP contribution in [0.1, 0.15) is 27.2 Å². The predicted octanol–water partition coefficient (Wildman–Crippen LogP) is 2.31. The lowest BCUT2D eigenvalue weighted by Gasteiger charge is -2.06. The highest BCUT2D eigenvalue weighted by Gasteiger charge is 2.06. The second-order valence-corrected chi connectivity index (χ2v) is 6.10. The van der Waals surface area contributed by atoms with Crippen molar-refractivity contribution in [2.45, 2.75) is 27.2 Å². The first-order valence-electron chi connectivity index (χ1n) is 5.04. The molecule has 0 fully saturated rings. The second-order valence-electron chi connectivity index (χ2n) is 3.63. The van der Waals surface area contributed by atoms with Crippen LogP contribution in [-0.4, -0.2) is 26.5 Å². The van der Waals surface area contributed by atoms with E-state index >= 15 is 0 Å². The van der Waals surface area contributed by atoms with Crippen molar-refractivity contribution in [1.29, 1.82) is 0 Å². The maximum Gasteiger partial charge on any atom is 0.150 e. The van der Waals surface area contributed by atoms with Gasteiger partial charge in [-0.25, -0.2) is 8.42 Å². The molecule has 0 aromatic heterocycles. The SMILES string of the molecule is C=C(C=C(C)C)OCCCS(=O)(=O)CC. The van der Waals surface area contributed by atoms with Gasteiger partial charge in [0.05, 0.1) is 12.4 Å². The van der Waals surface area contributed by atoms with Gasteiger partial charge in [0, 0.05) is 5.75 Å². The van der Waals surface area contributed by atoms with Crippen LogP contribution in [0.2, 0.25) is 0 Å². The standard InChI is InChI=1S/C11H20O3S/c1-5-15(12,13)8-6-7-14-11(4)9-10(2)3/h9H,4-8H2,1-3H3. The average molecular weight is 232 g/mol. The molecule has 0 atom stereocenters. The molecule has 0 saturated carbocycles. The molecular formula is C11H20O3S. The summed E-state index contributed by atoms with van der Waals surface area (Å²) < 4.78 is 27.5. The monoisotopic (exact) mass is 232 g/mol. The molecule has 0 aliphatic carbocycles. The molecule has 0 amide bonds. The lowest BCUT2D eigenvalue weighted by Crippen LogP contribution is -2.10. The summed E-state index contributed by atoms with van der Waals surface area (Å²) in [7, 11) is -2.87. The first kappa shape index (κ1) is 14.2. The van der Waals surface area contributed by atoms with E-state index in [9.17, 15) is 8.42 Å². The summed E-state index contributed by atoms with van der Waals surface area (Å²) in [5.41, 5.74) is 1.11. The zero-order valence-electron chi connectivity index (χ0n) is 9.75. The van der Waals surface area contributed by atoms with Crippen LogP contribution < -0.4 is 0 Å². The molecular weight excluding hydrogens is 212 g/mol. The van der Waals surface area contributed by atoms with Crippen LogP contribution in [0, 0.1) is 0 Å². The summed E-state index contributed by atoms with van der Waals surface area (Å²) in [6.07, 6.45) is 2.35. The molecule has 0 aliphatic rings. The van der Waals surface area contributed by atoms with Gasteiger partial charge < -0.3 is 4.74 Å². The first-order chi connectivity index (χ1) is 6.87. The minimum absolute atomic E-state index is 0.186. The number of allylic oxidation sites excluding steroid dienone is 2. The van der Waals surface area contributed by atoms with Crippen LogP contribution in [0.25, 0.3) is 0 Å². The van der Waals surface area contributed by atoms with E-state index in [1.807, 2.05) is 19.9 Å². The van der Waals surface area contributed by atoms with Gasteiger partial charge in [-0.15, -0.1) is 0 Å². The molecule has 4 heteroatoms. The van der Waals surface area contributed by atoms with Gasteiger partial charge >= 0.3 is 0 Å². The topological polar surface area (TPSA) is 43.4 Å². The van der Waals surface area contributed by atoms with Gasteiger partial charge in [-0.2, -0.15) is 0 Å². The minimum atomic E-state index is -2.87. The number of sulfone groups is 1. The largest absolute Gasteiger partial charge is 0.494 e. The molecule has 15 heavy (non-hydrogen) atoms. The van der Waals surface area contributed by atoms with Crippen molar-refractivity contribution in [1.82, 2.24) is 0 Å². The quantitative estimate of drug-likeness (QED) is 0.384. The van der Waals surface area contributed by atoms with Gasteiger partial charge in [0.1, 0.15) is 15.6 Å². The molecule has 0 bridgehead atoms. The molecule has 88 valence electrons. The van der Waals surface area contributed by atoms with E-state index in [-0.39, 0.29) is 11.5 Å². The Morgan fingerprint density at radius 2 is 2.00 bits per heavy atom. The van der Waals surface area contributed by atoms with Gasteiger partial charge in [-0.3, -0.25) is 0 Å². The molecule has 0 aromatic rings. The van der Waals surface area contributed by atoms with E-state index in [4.69, 9.17) is 4.74 Å². The second kappa shape index (κ2) is 6.67. The summed E-state index contributed by atoms with van der Waals surface area (Å²) in [6.45, 7) is 9.67. The summed E-state index contributed by atoms with van der Waals surface area (Å²) in [4.78, 5) is 0. The van der Waals surface area contributed by atoms with E-state index in [0.717, 1.165) is 5.57 Å². The van der Waals surface area contributed by atoms with E-state index < -0.39 is 9.84 Å². The normalized spacial score (nSPS) is 10.9. The smallest absolute Gasteiger partial charge is 0.150 e. The third-order valence-electron chi connectivity index (χ3n) is 1.78. The average Bonchev–Trinajstić information content (AvgIpc) is 2.11. The van der Waals surface area contributed by atoms with Crippen molar-refractivity contribution < 1.29 is 13.2 Å². The molecule has 3 nitrogen and oxygen atoms in total. The van der Waals surface area contributed by atoms with Crippen molar-refractivity contribution in [3.63, 3.8) is 0 Å². The molecule has 0 spiro atoms. The third kappa shape index (κ3) is 8.24. The van der Waals surface area contributed by atoms with Crippen molar-refractivity contribution in [2.24, 2.45) is 0 Å². The highest BCUT2D eigenvalue weighted by atomic mass is 32.2. The number of hydrogen-bond donors (Lipinski definition) is 0. The van der Waals surface area contributed by atoms with Gasteiger partial charge in [0.25, 0.3) is 0 Å². The van der Waals surface area contributed by atoms with Crippen LogP contribution in [-0.2, 0) is 14.6 Å². The fourth-order valence-corrected chi connectivity index (χ4v) is 1.84. The van der Waals surface area contributed by atoms with E-state index in [2.05, 4.69) is 6.58 Å². The summed E-state index contributed by atoms with van der Waals surface area (Å²) in [5.74, 6) is 0.969. The highest BCUT2D eigenvalue weighted by Crippen LogP contribution is 2.02. The van der Waals surface area contributed by atoms with Crippen molar-refractivity contribution in [3.05, 3.63) is 24.0 Å². The molecule has 0 N–H and O–H groups in total. The van der Waals surface area contributed by atoms with Crippen LogP contribution in [0.5, 0.6) is 0 Å². The predicted molar refractivity (Wildman–Crippen MR) is 63.5 cm³/mol. The van der Waals surface area contributed by atoms with E-state index in [1.165, 1.54) is 0 Å². The van der Waals surface area contributed by atoms with E-state index in [0.29, 0.717) is 18.8 Å². The van der Waals surface area contributed by atoms with Crippen LogP contribution in [0.3, 0.4) is 0 Å². The van der Waals surface area contributed by atoms with Gasteiger partial charge in [-0.1, -0.05) is 19.1 Å². The number of hydrogen-bond acceptors (Lipinski definition) is 3. The Morgan fingerprint density at radius 3 is 2.47 bits per heavy atom. The summed E-state index contributed by atoms with van der Waals surface area (Å²) in [6, 6.07) is 0. The Morgan fingerprint density at radius 1 is 1.40 bits per heavy atom. The maximum absolute atomic E-state index is 11.1. The van der Waals surface area contributed by atoms with Crippen LogP contribution in [0.15, 0.2) is 24.0 Å². The van der Waals surface area contributed by atoms with Crippen LogP contribution >= 0.6 is 0 Å². The molecule has 0 heterocycles.